The van der Waals surface area contributed by atoms with Crippen LogP contribution in [0.3, 0.4) is 0 Å². The molecular formula is C21H27Cl2N5O3. The van der Waals surface area contributed by atoms with Crippen molar-refractivity contribution in [1.29, 1.82) is 0 Å². The van der Waals surface area contributed by atoms with Gasteiger partial charge in [-0.25, -0.2) is 4.79 Å². The van der Waals surface area contributed by atoms with E-state index >= 15 is 0 Å². The maximum Gasteiger partial charge on any atom is 0.328 e. The molecule has 2 heterocycles. The number of urea groups is 1. The zero-order valence-electron chi connectivity index (χ0n) is 17.6. The van der Waals surface area contributed by atoms with Gasteiger partial charge in [0, 0.05) is 20.6 Å². The Labute approximate surface area is 191 Å². The lowest BCUT2D eigenvalue weighted by Gasteiger charge is -2.40. The van der Waals surface area contributed by atoms with Gasteiger partial charge in [-0.2, -0.15) is 0 Å². The summed E-state index contributed by atoms with van der Waals surface area (Å²) in [6.45, 7) is 0.699. The summed E-state index contributed by atoms with van der Waals surface area (Å²) in [4.78, 5) is 35.5. The van der Waals surface area contributed by atoms with Crippen molar-refractivity contribution in [3.8, 4) is 0 Å². The fraction of sp³-hybridized carbons (Fsp3) is 0.571. The Morgan fingerprint density at radius 2 is 1.94 bits per heavy atom. The van der Waals surface area contributed by atoms with E-state index in [1.807, 2.05) is 7.05 Å². The summed E-state index contributed by atoms with van der Waals surface area (Å²) in [6.07, 6.45) is 2.92. The number of imide groups is 1. The molecule has 4 rings (SSSR count). The van der Waals surface area contributed by atoms with Crippen LogP contribution in [0.2, 0.25) is 10.0 Å². The average molecular weight is 468 g/mol. The molecule has 3 fully saturated rings. The average Bonchev–Trinajstić information content (AvgIpc) is 3.07. The van der Waals surface area contributed by atoms with Crippen molar-refractivity contribution in [2.45, 2.75) is 50.5 Å². The second-order valence-electron chi connectivity index (χ2n) is 8.56. The monoisotopic (exact) mass is 467 g/mol. The molecule has 2 N–H and O–H groups in total. The first-order chi connectivity index (χ1) is 14.8. The number of hydrogen-bond donors (Lipinski definition) is 2. The summed E-state index contributed by atoms with van der Waals surface area (Å²) in [7, 11) is 3.49. The van der Waals surface area contributed by atoms with Gasteiger partial charge in [-0.05, 0) is 42.9 Å². The van der Waals surface area contributed by atoms with Crippen molar-refractivity contribution >= 4 is 41.1 Å². The highest BCUT2D eigenvalue weighted by molar-refractivity contribution is 6.42. The van der Waals surface area contributed by atoms with Crippen LogP contribution in [-0.4, -0.2) is 76.7 Å². The van der Waals surface area contributed by atoms with E-state index < -0.39 is 12.2 Å². The number of halogens is 2. The van der Waals surface area contributed by atoms with Gasteiger partial charge in [-0.1, -0.05) is 35.7 Å². The van der Waals surface area contributed by atoms with Crippen LogP contribution in [0, 0.1) is 5.92 Å². The number of guanidine groups is 1. The summed E-state index contributed by atoms with van der Waals surface area (Å²) in [5.74, 6) is 0.641. The Bertz CT molecular complexity index is 911. The summed E-state index contributed by atoms with van der Waals surface area (Å²) < 4.78 is 0. The first-order valence-electron chi connectivity index (χ1n) is 10.5. The standard InChI is InChI=1S/C21H27Cl2N5O3/c1-26-17-18(25-20(26)24-10-12-4-3-5-14(29)8-12)27(2)21(31)28(19(17)30)11-13-6-7-15(22)16(23)9-13/h6-7,9,12,14,17-18,29H,3-5,8,10-11H2,1-2H3,(H,24,25)/t12?,14-,17?,18?/m0/s1. The predicted molar refractivity (Wildman–Crippen MR) is 119 cm³/mol. The van der Waals surface area contributed by atoms with Gasteiger partial charge >= 0.3 is 6.03 Å². The van der Waals surface area contributed by atoms with Crippen LogP contribution in [-0.2, 0) is 11.3 Å². The Morgan fingerprint density at radius 3 is 2.65 bits per heavy atom. The molecule has 1 aromatic carbocycles. The second kappa shape index (κ2) is 8.84. The van der Waals surface area contributed by atoms with Gasteiger partial charge in [-0.3, -0.25) is 14.7 Å². The van der Waals surface area contributed by atoms with Gasteiger partial charge in [-0.15, -0.1) is 0 Å². The Balaban J connectivity index is 1.50. The van der Waals surface area contributed by atoms with Gasteiger partial charge in [0.05, 0.1) is 22.7 Å². The number of nitrogens with one attached hydrogen (secondary N) is 1. The zero-order valence-corrected chi connectivity index (χ0v) is 19.1. The Hall–Kier alpha value is -2.03. The normalized spacial score (nSPS) is 30.1. The van der Waals surface area contributed by atoms with Crippen LogP contribution in [0.4, 0.5) is 4.79 Å². The highest BCUT2D eigenvalue weighted by atomic mass is 35.5. The number of carbonyl (C=O) groups excluding carboxylic acids is 2. The Kier molecular flexibility index (Phi) is 6.32. The van der Waals surface area contributed by atoms with E-state index in [0.29, 0.717) is 28.5 Å². The van der Waals surface area contributed by atoms with Crippen molar-refractivity contribution in [2.24, 2.45) is 10.9 Å². The SMILES string of the molecule is CN1C(=O)N(Cc2ccc(Cl)c(Cl)c2)C(=O)C2C1NC(=NCC1CCC[C@H](O)C1)N2C. The number of likely N-dealkylation sites (N-methyl/N-ethyl adjacent to an activating group) is 2. The molecule has 3 aliphatic rings. The third-order valence-corrected chi connectivity index (χ3v) is 7.11. The minimum atomic E-state index is -0.568. The summed E-state index contributed by atoms with van der Waals surface area (Å²) >= 11 is 12.1. The predicted octanol–water partition coefficient (Wildman–Crippen LogP) is 2.52. The van der Waals surface area contributed by atoms with E-state index in [1.165, 1.54) is 9.80 Å². The van der Waals surface area contributed by atoms with Crippen LogP contribution in [0.25, 0.3) is 0 Å². The van der Waals surface area contributed by atoms with E-state index in [2.05, 4.69) is 5.32 Å². The molecule has 2 aliphatic heterocycles. The fourth-order valence-electron chi connectivity index (χ4n) is 4.60. The van der Waals surface area contributed by atoms with Crippen molar-refractivity contribution < 1.29 is 14.7 Å². The molecule has 1 aliphatic carbocycles. The molecule has 0 spiro atoms. The number of aliphatic hydroxyl groups is 1. The molecule has 4 atom stereocenters. The Morgan fingerprint density at radius 1 is 1.16 bits per heavy atom. The smallest absolute Gasteiger partial charge is 0.328 e. The van der Waals surface area contributed by atoms with Crippen LogP contribution >= 0.6 is 23.2 Å². The molecule has 8 nitrogen and oxygen atoms in total. The lowest BCUT2D eigenvalue weighted by molar-refractivity contribution is -0.137. The van der Waals surface area contributed by atoms with Crippen molar-refractivity contribution in [3.63, 3.8) is 0 Å². The highest BCUT2D eigenvalue weighted by Crippen LogP contribution is 2.28. The number of aliphatic imine (C=N–C) groups is 1. The zero-order chi connectivity index (χ0) is 22.3. The summed E-state index contributed by atoms with van der Waals surface area (Å²) in [5.41, 5.74) is 0.723. The molecule has 31 heavy (non-hydrogen) atoms. The van der Waals surface area contributed by atoms with Crippen LogP contribution in [0.1, 0.15) is 31.2 Å². The number of benzene rings is 1. The van der Waals surface area contributed by atoms with Crippen molar-refractivity contribution in [2.75, 3.05) is 20.6 Å². The molecule has 2 saturated heterocycles. The van der Waals surface area contributed by atoms with Crippen LogP contribution < -0.4 is 5.32 Å². The minimum Gasteiger partial charge on any atom is -0.393 e. The number of nitrogens with zero attached hydrogens (tertiary/aromatic N) is 4. The van der Waals surface area contributed by atoms with E-state index in [1.54, 1.807) is 30.1 Å². The van der Waals surface area contributed by atoms with Crippen molar-refractivity contribution in [1.82, 2.24) is 20.0 Å². The molecule has 0 radical (unpaired) electrons. The minimum absolute atomic E-state index is 0.113. The number of hydrogen-bond acceptors (Lipinski definition) is 4. The molecule has 1 saturated carbocycles. The first-order valence-corrected chi connectivity index (χ1v) is 11.3. The molecule has 3 amide bonds. The molecule has 168 valence electrons. The lowest BCUT2D eigenvalue weighted by Crippen LogP contribution is -2.65. The fourth-order valence-corrected chi connectivity index (χ4v) is 4.92. The lowest BCUT2D eigenvalue weighted by atomic mass is 9.87. The maximum absolute atomic E-state index is 13.3. The van der Waals surface area contributed by atoms with Crippen molar-refractivity contribution in [3.05, 3.63) is 33.8 Å². The largest absolute Gasteiger partial charge is 0.393 e. The van der Waals surface area contributed by atoms with E-state index in [-0.39, 0.29) is 24.6 Å². The quantitative estimate of drug-likeness (QED) is 0.709. The summed E-state index contributed by atoms with van der Waals surface area (Å²) in [5, 5.41) is 13.9. The van der Waals surface area contributed by atoms with E-state index in [9.17, 15) is 14.7 Å². The van der Waals surface area contributed by atoms with Gasteiger partial charge in [0.2, 0.25) is 0 Å². The first kappa shape index (κ1) is 22.2. The van der Waals surface area contributed by atoms with Gasteiger partial charge in [0.25, 0.3) is 5.91 Å². The van der Waals surface area contributed by atoms with Gasteiger partial charge in [0.1, 0.15) is 6.17 Å². The number of carbonyl (C=O) groups is 2. The third kappa shape index (κ3) is 4.33. The maximum atomic E-state index is 13.3. The molecule has 10 heteroatoms. The number of aliphatic hydroxyl groups excluding tert-OH is 1. The molecule has 0 aromatic heterocycles. The van der Waals surface area contributed by atoms with Crippen LogP contribution in [0.15, 0.2) is 23.2 Å². The van der Waals surface area contributed by atoms with Gasteiger partial charge in [0.15, 0.2) is 12.0 Å². The number of amides is 3. The molecule has 1 aromatic rings. The molecule has 0 bridgehead atoms. The van der Waals surface area contributed by atoms with E-state index in [0.717, 1.165) is 31.2 Å². The molecule has 3 unspecified atom stereocenters. The molecular weight excluding hydrogens is 441 g/mol. The van der Waals surface area contributed by atoms with Crippen LogP contribution in [0.5, 0.6) is 0 Å². The topological polar surface area (TPSA) is 88.5 Å². The third-order valence-electron chi connectivity index (χ3n) is 6.38. The van der Waals surface area contributed by atoms with Gasteiger partial charge < -0.3 is 20.2 Å². The number of fused-ring (bicyclic) bond motifs is 1. The highest BCUT2D eigenvalue weighted by Gasteiger charge is 2.51. The number of rotatable bonds is 4. The summed E-state index contributed by atoms with van der Waals surface area (Å²) in [6, 6.07) is 4.12. The van der Waals surface area contributed by atoms with E-state index in [4.69, 9.17) is 28.2 Å². The second-order valence-corrected chi connectivity index (χ2v) is 9.38.